The summed E-state index contributed by atoms with van der Waals surface area (Å²) in [6.45, 7) is 4.64. The summed E-state index contributed by atoms with van der Waals surface area (Å²) in [7, 11) is 0. The van der Waals surface area contributed by atoms with Crippen LogP contribution in [-0.4, -0.2) is 51.1 Å². The number of piperidine rings is 1. The third-order valence-corrected chi connectivity index (χ3v) is 7.31. The number of aryl methyl sites for hydroxylation is 1. The molecule has 4 rings (SSSR count). The van der Waals surface area contributed by atoms with Gasteiger partial charge in [0.1, 0.15) is 33.6 Å². The zero-order valence-electron chi connectivity index (χ0n) is 18.2. The number of amides is 1. The first kappa shape index (κ1) is 23.7. The Balaban J connectivity index is 1.51. The number of halogens is 2. The van der Waals surface area contributed by atoms with E-state index in [2.05, 4.69) is 20.3 Å². The van der Waals surface area contributed by atoms with Crippen LogP contribution in [0.25, 0.3) is 11.4 Å². The van der Waals surface area contributed by atoms with Crippen molar-refractivity contribution in [3.63, 3.8) is 0 Å². The number of rotatable bonds is 5. The number of nitrogens with zero attached hydrogens (tertiary/aromatic N) is 4. The number of aromatic nitrogens is 3. The number of hydrogen-bond donors (Lipinski definition) is 3. The molecule has 0 spiro atoms. The van der Waals surface area contributed by atoms with Crippen LogP contribution >= 0.6 is 22.9 Å². The molecule has 1 fully saturated rings. The lowest BCUT2D eigenvalue weighted by Crippen LogP contribution is -2.50. The molecule has 2 atom stereocenters. The van der Waals surface area contributed by atoms with Gasteiger partial charge in [0.25, 0.3) is 5.91 Å². The monoisotopic (exact) mass is 502 g/mol. The quantitative estimate of drug-likeness (QED) is 0.482. The van der Waals surface area contributed by atoms with Crippen molar-refractivity contribution in [1.82, 2.24) is 20.3 Å². The summed E-state index contributed by atoms with van der Waals surface area (Å²) >= 11 is 7.06. The van der Waals surface area contributed by atoms with Crippen LogP contribution in [0.15, 0.2) is 18.3 Å². The molecule has 4 heterocycles. The van der Waals surface area contributed by atoms with Gasteiger partial charge in [0, 0.05) is 31.0 Å². The van der Waals surface area contributed by atoms with Crippen molar-refractivity contribution in [1.29, 1.82) is 5.26 Å². The highest BCUT2D eigenvalue weighted by atomic mass is 35.5. The summed E-state index contributed by atoms with van der Waals surface area (Å²) in [4.78, 5) is 37.6. The van der Waals surface area contributed by atoms with Crippen LogP contribution in [0, 0.1) is 30.0 Å². The Labute approximate surface area is 203 Å². The molecule has 1 amide bonds. The largest absolute Gasteiger partial charge is 0.477 e. The predicted molar refractivity (Wildman–Crippen MR) is 125 cm³/mol. The zero-order chi connectivity index (χ0) is 24.6. The molecule has 34 heavy (non-hydrogen) atoms. The maximum Gasteiger partial charge on any atom is 0.348 e. The van der Waals surface area contributed by atoms with E-state index in [1.807, 2.05) is 17.9 Å². The fourth-order valence-corrected chi connectivity index (χ4v) is 5.09. The van der Waals surface area contributed by atoms with Gasteiger partial charge in [0.2, 0.25) is 0 Å². The molecule has 0 bridgehead atoms. The highest BCUT2D eigenvalue weighted by Gasteiger charge is 2.32. The van der Waals surface area contributed by atoms with Crippen LogP contribution in [0.2, 0.25) is 5.02 Å². The van der Waals surface area contributed by atoms with E-state index in [-0.39, 0.29) is 44.5 Å². The van der Waals surface area contributed by atoms with E-state index in [9.17, 15) is 24.3 Å². The molecule has 176 valence electrons. The lowest BCUT2D eigenvalue weighted by Gasteiger charge is -2.37. The number of pyridine rings is 1. The Kier molecular flexibility index (Phi) is 6.54. The van der Waals surface area contributed by atoms with Gasteiger partial charge in [0.15, 0.2) is 10.9 Å². The number of aromatic carboxylic acids is 1. The fraction of sp³-hybridized carbons (Fsp3) is 0.318. The van der Waals surface area contributed by atoms with Crippen molar-refractivity contribution in [3.8, 4) is 17.5 Å². The number of carbonyl (C=O) groups is 2. The maximum absolute atomic E-state index is 14.2. The van der Waals surface area contributed by atoms with Crippen LogP contribution < -0.4 is 10.2 Å². The Morgan fingerprint density at radius 3 is 2.85 bits per heavy atom. The lowest BCUT2D eigenvalue weighted by molar-refractivity contribution is 0.0702. The molecule has 1 aliphatic heterocycles. The summed E-state index contributed by atoms with van der Waals surface area (Å²) in [5, 5.41) is 22.6. The number of nitriles is 1. The van der Waals surface area contributed by atoms with Crippen molar-refractivity contribution in [2.75, 3.05) is 18.0 Å². The predicted octanol–water partition coefficient (Wildman–Crippen LogP) is 3.85. The number of hydrogen-bond acceptors (Lipinski definition) is 7. The minimum Gasteiger partial charge on any atom is -0.477 e. The summed E-state index contributed by atoms with van der Waals surface area (Å²) in [5.74, 6) is -2.27. The van der Waals surface area contributed by atoms with Gasteiger partial charge >= 0.3 is 5.97 Å². The van der Waals surface area contributed by atoms with Crippen LogP contribution in [-0.2, 0) is 0 Å². The molecule has 0 unspecified atom stereocenters. The van der Waals surface area contributed by atoms with Gasteiger partial charge in [-0.05, 0) is 31.4 Å². The second-order valence-corrected chi connectivity index (χ2v) is 9.39. The number of thiazole rings is 1. The normalized spacial score (nSPS) is 17.9. The number of carboxylic acids is 1. The minimum absolute atomic E-state index is 0.00305. The Bertz CT molecular complexity index is 1320. The molecular formula is C22H20ClFN6O3S. The smallest absolute Gasteiger partial charge is 0.348 e. The van der Waals surface area contributed by atoms with Crippen LogP contribution in [0.4, 0.5) is 9.52 Å². The molecule has 1 aliphatic rings. The Hall–Kier alpha value is -3.49. The van der Waals surface area contributed by atoms with E-state index < -0.39 is 17.7 Å². The molecule has 3 N–H and O–H groups in total. The van der Waals surface area contributed by atoms with Crippen molar-refractivity contribution in [2.45, 2.75) is 26.3 Å². The molecule has 0 aliphatic carbocycles. The van der Waals surface area contributed by atoms with E-state index in [0.717, 1.165) is 11.3 Å². The lowest BCUT2D eigenvalue weighted by atomic mass is 9.94. The topological polar surface area (TPSA) is 135 Å². The standard InChI is InChI=1S/C22H20ClFN6O3S/c1-10-9-30(7-5-14(10)28-20(31)16-12(8-25)15(23)11(2)27-16)22-29-18(19(34-22)21(32)33)17-13(24)4-3-6-26-17/h3-4,6,10,14,27H,5,7,9H2,1-2H3,(H,28,31)(H,32,33)/t10-,14+/m0/s1. The van der Waals surface area contributed by atoms with Gasteiger partial charge in [-0.3, -0.25) is 9.78 Å². The average Bonchev–Trinajstić information content (AvgIpc) is 3.37. The van der Waals surface area contributed by atoms with Gasteiger partial charge in [-0.15, -0.1) is 0 Å². The number of aromatic amines is 1. The van der Waals surface area contributed by atoms with Gasteiger partial charge in [0.05, 0.1) is 5.02 Å². The van der Waals surface area contributed by atoms with Crippen molar-refractivity contribution < 1.29 is 19.1 Å². The van der Waals surface area contributed by atoms with E-state index >= 15 is 0 Å². The van der Waals surface area contributed by atoms with Crippen LogP contribution in [0.3, 0.4) is 0 Å². The van der Waals surface area contributed by atoms with E-state index in [1.165, 1.54) is 18.3 Å². The summed E-state index contributed by atoms with van der Waals surface area (Å²) in [5.41, 5.74) is 0.680. The molecule has 3 aromatic rings. The van der Waals surface area contributed by atoms with Crippen LogP contribution in [0.5, 0.6) is 0 Å². The SMILES string of the molecule is Cc1[nH]c(C(=O)N[C@@H]2CCN(c3nc(-c4ncccc4F)c(C(=O)O)s3)C[C@@H]2C)c(C#N)c1Cl. The Morgan fingerprint density at radius 2 is 2.21 bits per heavy atom. The highest BCUT2D eigenvalue weighted by Crippen LogP contribution is 2.35. The van der Waals surface area contributed by atoms with Gasteiger partial charge in [-0.25, -0.2) is 14.2 Å². The van der Waals surface area contributed by atoms with Crippen molar-refractivity contribution in [2.24, 2.45) is 5.92 Å². The molecule has 9 nitrogen and oxygen atoms in total. The van der Waals surface area contributed by atoms with Crippen molar-refractivity contribution in [3.05, 3.63) is 51.0 Å². The zero-order valence-corrected chi connectivity index (χ0v) is 19.8. The second kappa shape index (κ2) is 9.40. The number of anilines is 1. The molecule has 0 aromatic carbocycles. The molecule has 0 radical (unpaired) electrons. The maximum atomic E-state index is 14.2. The van der Waals surface area contributed by atoms with Crippen LogP contribution in [0.1, 0.15) is 44.8 Å². The number of nitrogens with one attached hydrogen (secondary N) is 2. The summed E-state index contributed by atoms with van der Waals surface area (Å²) < 4.78 is 14.2. The molecular weight excluding hydrogens is 483 g/mol. The third-order valence-electron chi connectivity index (χ3n) is 5.74. The summed E-state index contributed by atoms with van der Waals surface area (Å²) in [6.07, 6.45) is 1.95. The molecule has 3 aromatic heterocycles. The average molecular weight is 503 g/mol. The number of H-pyrrole nitrogens is 1. The fourth-order valence-electron chi connectivity index (χ4n) is 3.96. The summed E-state index contributed by atoms with van der Waals surface area (Å²) in [6, 6.07) is 4.42. The minimum atomic E-state index is -1.20. The molecule has 1 saturated heterocycles. The van der Waals surface area contributed by atoms with Gasteiger partial charge in [-0.1, -0.05) is 29.9 Å². The molecule has 0 saturated carbocycles. The molecule has 12 heteroatoms. The van der Waals surface area contributed by atoms with E-state index in [0.29, 0.717) is 30.3 Å². The number of carbonyl (C=O) groups excluding carboxylic acids is 1. The van der Waals surface area contributed by atoms with Gasteiger partial charge < -0.3 is 20.3 Å². The first-order valence-corrected chi connectivity index (χ1v) is 11.6. The van der Waals surface area contributed by atoms with Crippen molar-refractivity contribution >= 4 is 39.9 Å². The second-order valence-electron chi connectivity index (χ2n) is 8.03. The Morgan fingerprint density at radius 1 is 1.44 bits per heavy atom. The first-order valence-electron chi connectivity index (χ1n) is 10.4. The van der Waals surface area contributed by atoms with E-state index in [4.69, 9.17) is 11.6 Å². The first-order chi connectivity index (χ1) is 16.2. The van der Waals surface area contributed by atoms with Gasteiger partial charge in [-0.2, -0.15) is 5.26 Å². The van der Waals surface area contributed by atoms with E-state index in [1.54, 1.807) is 6.92 Å². The highest BCUT2D eigenvalue weighted by molar-refractivity contribution is 7.17. The number of carboxylic acid groups (broad SMARTS) is 1. The third kappa shape index (κ3) is 4.34.